The molecule has 3 rings (SSSR count). The molecule has 3 heteroatoms. The predicted molar refractivity (Wildman–Crippen MR) is 86.7 cm³/mol. The third kappa shape index (κ3) is 2.82. The number of aryl methyl sites for hydroxylation is 1. The largest absolute Gasteiger partial charge is 0.457 e. The first-order valence-electron chi connectivity index (χ1n) is 7.17. The van der Waals surface area contributed by atoms with Gasteiger partial charge in [0.2, 0.25) is 0 Å². The summed E-state index contributed by atoms with van der Waals surface area (Å²) in [5.74, 6) is 1.60. The monoisotopic (exact) mass is 278 g/mol. The molecule has 0 atom stereocenters. The van der Waals surface area contributed by atoms with E-state index in [0.717, 1.165) is 40.8 Å². The Hall–Kier alpha value is -2.55. The topological polar surface area (TPSA) is 48.1 Å². The van der Waals surface area contributed by atoms with Crippen molar-refractivity contribution in [1.82, 2.24) is 4.98 Å². The lowest BCUT2D eigenvalue weighted by atomic mass is 10.1. The van der Waals surface area contributed by atoms with Crippen molar-refractivity contribution >= 4 is 16.5 Å². The van der Waals surface area contributed by atoms with Crippen molar-refractivity contribution in [2.45, 2.75) is 19.8 Å². The maximum absolute atomic E-state index is 5.99. The lowest BCUT2D eigenvalue weighted by Gasteiger charge is -2.10. The van der Waals surface area contributed by atoms with Crippen LogP contribution < -0.4 is 10.5 Å². The van der Waals surface area contributed by atoms with Gasteiger partial charge in [-0.2, -0.15) is 0 Å². The Balaban J connectivity index is 1.93. The Morgan fingerprint density at radius 1 is 1.00 bits per heavy atom. The molecule has 2 N–H and O–H groups in total. The zero-order chi connectivity index (χ0) is 14.7. The molecule has 0 saturated carbocycles. The smallest absolute Gasteiger partial charge is 0.136 e. The molecule has 0 fully saturated rings. The molecule has 0 spiro atoms. The highest BCUT2D eigenvalue weighted by atomic mass is 16.5. The summed E-state index contributed by atoms with van der Waals surface area (Å²) in [5, 5.41) is 1.89. The van der Waals surface area contributed by atoms with Gasteiger partial charge in [0, 0.05) is 28.9 Å². The summed E-state index contributed by atoms with van der Waals surface area (Å²) < 4.78 is 5.98. The van der Waals surface area contributed by atoms with E-state index < -0.39 is 0 Å². The van der Waals surface area contributed by atoms with Gasteiger partial charge in [0.05, 0.1) is 0 Å². The Morgan fingerprint density at radius 2 is 1.81 bits per heavy atom. The number of hydrogen-bond acceptors (Lipinski definition) is 3. The molecule has 0 aliphatic heterocycles. The third-order valence-electron chi connectivity index (χ3n) is 3.50. The van der Waals surface area contributed by atoms with Crippen LogP contribution in [0.4, 0.5) is 5.69 Å². The quantitative estimate of drug-likeness (QED) is 0.711. The molecule has 0 bridgehead atoms. The Labute approximate surface area is 124 Å². The number of benzene rings is 2. The van der Waals surface area contributed by atoms with Crippen molar-refractivity contribution in [2.75, 3.05) is 5.73 Å². The van der Waals surface area contributed by atoms with Crippen LogP contribution in [0.5, 0.6) is 11.5 Å². The van der Waals surface area contributed by atoms with E-state index in [2.05, 4.69) is 24.0 Å². The van der Waals surface area contributed by atoms with Gasteiger partial charge in [0.25, 0.3) is 0 Å². The molecule has 3 nitrogen and oxygen atoms in total. The normalized spacial score (nSPS) is 10.7. The van der Waals surface area contributed by atoms with Gasteiger partial charge in [0.15, 0.2) is 0 Å². The molecular weight excluding hydrogens is 260 g/mol. The maximum Gasteiger partial charge on any atom is 0.136 e. The second kappa shape index (κ2) is 5.83. The highest BCUT2D eigenvalue weighted by Crippen LogP contribution is 2.32. The summed E-state index contributed by atoms with van der Waals surface area (Å²) in [4.78, 5) is 4.16. The predicted octanol–water partition coefficient (Wildman–Crippen LogP) is 4.56. The summed E-state index contributed by atoms with van der Waals surface area (Å²) in [6.07, 6.45) is 5.76. The van der Waals surface area contributed by atoms with Crippen LogP contribution >= 0.6 is 0 Å². The minimum Gasteiger partial charge on any atom is -0.457 e. The number of rotatable bonds is 4. The van der Waals surface area contributed by atoms with Crippen molar-refractivity contribution in [3.8, 4) is 11.5 Å². The average molecular weight is 278 g/mol. The van der Waals surface area contributed by atoms with Crippen molar-refractivity contribution < 1.29 is 4.74 Å². The molecule has 0 aliphatic carbocycles. The fourth-order valence-corrected chi connectivity index (χ4v) is 2.42. The van der Waals surface area contributed by atoms with Crippen molar-refractivity contribution in [2.24, 2.45) is 0 Å². The first kappa shape index (κ1) is 13.4. The van der Waals surface area contributed by atoms with Crippen LogP contribution in [0.3, 0.4) is 0 Å². The van der Waals surface area contributed by atoms with E-state index in [1.165, 1.54) is 5.56 Å². The third-order valence-corrected chi connectivity index (χ3v) is 3.50. The van der Waals surface area contributed by atoms with Gasteiger partial charge in [-0.05, 0) is 42.3 Å². The number of hydrogen-bond donors (Lipinski definition) is 1. The molecule has 0 saturated heterocycles. The fourth-order valence-electron chi connectivity index (χ4n) is 2.42. The molecule has 0 aliphatic rings. The number of nitrogens with zero attached hydrogens (tertiary/aromatic N) is 1. The van der Waals surface area contributed by atoms with Gasteiger partial charge in [-0.3, -0.25) is 4.98 Å². The minimum absolute atomic E-state index is 0.734. The lowest BCUT2D eigenvalue weighted by molar-refractivity contribution is 0.488. The molecule has 21 heavy (non-hydrogen) atoms. The summed E-state index contributed by atoms with van der Waals surface area (Å²) in [6.45, 7) is 2.18. The highest BCUT2D eigenvalue weighted by Gasteiger charge is 2.06. The number of pyridine rings is 1. The summed E-state index contributed by atoms with van der Waals surface area (Å²) in [7, 11) is 0. The Kier molecular flexibility index (Phi) is 3.73. The lowest BCUT2D eigenvalue weighted by Crippen LogP contribution is -1.91. The van der Waals surface area contributed by atoms with E-state index in [9.17, 15) is 0 Å². The van der Waals surface area contributed by atoms with Gasteiger partial charge in [-0.15, -0.1) is 0 Å². The second-order valence-corrected chi connectivity index (χ2v) is 5.07. The van der Waals surface area contributed by atoms with Crippen LogP contribution in [0, 0.1) is 0 Å². The second-order valence-electron chi connectivity index (χ2n) is 5.07. The van der Waals surface area contributed by atoms with Crippen LogP contribution in [-0.2, 0) is 6.42 Å². The van der Waals surface area contributed by atoms with Crippen LogP contribution in [0.15, 0.2) is 54.9 Å². The molecule has 3 aromatic rings. The Morgan fingerprint density at radius 3 is 2.57 bits per heavy atom. The zero-order valence-electron chi connectivity index (χ0n) is 12.0. The van der Waals surface area contributed by atoms with Crippen molar-refractivity contribution in [3.05, 3.63) is 60.4 Å². The molecule has 0 radical (unpaired) electrons. The van der Waals surface area contributed by atoms with E-state index in [0.29, 0.717) is 0 Å². The zero-order valence-corrected chi connectivity index (χ0v) is 12.0. The summed E-state index contributed by atoms with van der Waals surface area (Å²) in [5.41, 5.74) is 8.05. The minimum atomic E-state index is 0.734. The van der Waals surface area contributed by atoms with E-state index >= 15 is 0 Å². The number of anilines is 1. The van der Waals surface area contributed by atoms with E-state index in [-0.39, 0.29) is 0 Å². The maximum atomic E-state index is 5.99. The van der Waals surface area contributed by atoms with E-state index in [1.807, 2.05) is 30.3 Å². The van der Waals surface area contributed by atoms with Gasteiger partial charge in [-0.25, -0.2) is 0 Å². The fraction of sp³-hybridized carbons (Fsp3) is 0.167. The van der Waals surface area contributed by atoms with Crippen LogP contribution in [0.2, 0.25) is 0 Å². The Bertz CT molecular complexity index is 751. The summed E-state index contributed by atoms with van der Waals surface area (Å²) >= 11 is 0. The van der Waals surface area contributed by atoms with Gasteiger partial charge in [0.1, 0.15) is 11.5 Å². The molecular formula is C18H18N2O. The average Bonchev–Trinajstić information content (AvgIpc) is 2.52. The number of nitrogen functional groups attached to an aromatic ring is 1. The first-order valence-corrected chi connectivity index (χ1v) is 7.17. The first-order chi connectivity index (χ1) is 10.3. The molecule has 0 amide bonds. The highest BCUT2D eigenvalue weighted by molar-refractivity contribution is 5.96. The van der Waals surface area contributed by atoms with Gasteiger partial charge >= 0.3 is 0 Å². The van der Waals surface area contributed by atoms with E-state index in [4.69, 9.17) is 10.5 Å². The molecule has 0 unspecified atom stereocenters. The van der Waals surface area contributed by atoms with Gasteiger partial charge in [-0.1, -0.05) is 25.5 Å². The number of nitrogens with two attached hydrogens (primary N) is 1. The molecule has 1 heterocycles. The van der Waals surface area contributed by atoms with Crippen molar-refractivity contribution in [1.29, 1.82) is 0 Å². The SMILES string of the molecule is CCCc1ccc(Oc2ccc(N)c3ccncc23)cc1. The molecule has 106 valence electrons. The van der Waals surface area contributed by atoms with Gasteiger partial charge < -0.3 is 10.5 Å². The van der Waals surface area contributed by atoms with Crippen molar-refractivity contribution in [3.63, 3.8) is 0 Å². The van der Waals surface area contributed by atoms with Crippen LogP contribution in [-0.4, -0.2) is 4.98 Å². The molecule has 1 aromatic heterocycles. The number of ether oxygens (including phenoxy) is 1. The van der Waals surface area contributed by atoms with Crippen LogP contribution in [0.1, 0.15) is 18.9 Å². The number of fused-ring (bicyclic) bond motifs is 1. The number of aromatic nitrogens is 1. The molecule has 2 aromatic carbocycles. The van der Waals surface area contributed by atoms with E-state index in [1.54, 1.807) is 12.4 Å². The van der Waals surface area contributed by atoms with Crippen LogP contribution in [0.25, 0.3) is 10.8 Å². The summed E-state index contributed by atoms with van der Waals surface area (Å²) in [6, 6.07) is 13.9. The standard InChI is InChI=1S/C18H18N2O/c1-2-3-13-4-6-14(7-5-13)21-18-9-8-17(19)15-10-11-20-12-16(15)18/h4-12H,2-3,19H2,1H3.